The minimum Gasteiger partial charge on any atom is -0.431 e. The van der Waals surface area contributed by atoms with Crippen LogP contribution >= 0.6 is 7.52 Å². The van der Waals surface area contributed by atoms with Crippen LogP contribution in [-0.2, 0) is 18.8 Å². The van der Waals surface area contributed by atoms with Gasteiger partial charge in [-0.15, -0.1) is 0 Å². The first-order chi connectivity index (χ1) is 11.0. The van der Waals surface area contributed by atoms with Crippen LogP contribution in [0.3, 0.4) is 0 Å². The predicted octanol–water partition coefficient (Wildman–Crippen LogP) is 3.73. The fraction of sp³-hybridized carbons (Fsp3) is 0.625. The number of benzene rings is 1. The summed E-state index contributed by atoms with van der Waals surface area (Å²) < 4.78 is 35.2. The van der Waals surface area contributed by atoms with E-state index in [-0.39, 0.29) is 18.7 Å². The SMILES string of the molecule is CCCCOCP(=O)(NC(C)C1OC(C)O1)Oc1ccccc1. The highest BCUT2D eigenvalue weighted by Crippen LogP contribution is 2.44. The second-order valence-corrected chi connectivity index (χ2v) is 7.64. The number of hydrogen-bond acceptors (Lipinski definition) is 5. The van der Waals surface area contributed by atoms with Gasteiger partial charge in [0.2, 0.25) is 0 Å². The van der Waals surface area contributed by atoms with Gasteiger partial charge >= 0.3 is 7.52 Å². The Morgan fingerprint density at radius 3 is 2.61 bits per heavy atom. The van der Waals surface area contributed by atoms with E-state index in [1.54, 1.807) is 12.1 Å². The fourth-order valence-corrected chi connectivity index (χ4v) is 3.92. The van der Waals surface area contributed by atoms with E-state index in [2.05, 4.69) is 12.0 Å². The van der Waals surface area contributed by atoms with Gasteiger partial charge in [0.25, 0.3) is 0 Å². The zero-order valence-corrected chi connectivity index (χ0v) is 14.8. The van der Waals surface area contributed by atoms with Gasteiger partial charge in [-0.3, -0.25) is 4.57 Å². The Hall–Kier alpha value is -0.910. The smallest absolute Gasteiger partial charge is 0.342 e. The normalized spacial score (nSPS) is 24.5. The summed E-state index contributed by atoms with van der Waals surface area (Å²) in [5.41, 5.74) is 0. The molecule has 1 aliphatic heterocycles. The Kier molecular flexibility index (Phi) is 7.06. The Labute approximate surface area is 138 Å². The average molecular weight is 343 g/mol. The highest BCUT2D eigenvalue weighted by Gasteiger charge is 2.37. The minimum absolute atomic E-state index is 0.00844. The van der Waals surface area contributed by atoms with Gasteiger partial charge in [-0.25, -0.2) is 5.09 Å². The lowest BCUT2D eigenvalue weighted by molar-refractivity contribution is -0.381. The summed E-state index contributed by atoms with van der Waals surface area (Å²) in [7, 11) is -3.22. The van der Waals surface area contributed by atoms with Crippen molar-refractivity contribution >= 4 is 7.52 Å². The third kappa shape index (κ3) is 5.90. The highest BCUT2D eigenvalue weighted by molar-refractivity contribution is 7.57. The van der Waals surface area contributed by atoms with Gasteiger partial charge in [0, 0.05) is 6.61 Å². The Bertz CT molecular complexity index is 506. The van der Waals surface area contributed by atoms with Crippen LogP contribution in [0.4, 0.5) is 0 Å². The van der Waals surface area contributed by atoms with Crippen LogP contribution < -0.4 is 9.61 Å². The molecule has 2 unspecified atom stereocenters. The van der Waals surface area contributed by atoms with Crippen LogP contribution in [0.5, 0.6) is 5.75 Å². The molecule has 0 amide bonds. The first kappa shape index (κ1) is 18.4. The third-order valence-electron chi connectivity index (χ3n) is 3.36. The van der Waals surface area contributed by atoms with E-state index < -0.39 is 13.8 Å². The molecule has 0 aromatic heterocycles. The molecule has 1 heterocycles. The lowest BCUT2D eigenvalue weighted by Crippen LogP contribution is -2.50. The summed E-state index contributed by atoms with van der Waals surface area (Å²) in [6.45, 7) is 6.30. The average Bonchev–Trinajstić information content (AvgIpc) is 2.49. The molecule has 1 N–H and O–H groups in total. The van der Waals surface area contributed by atoms with Crippen molar-refractivity contribution in [3.63, 3.8) is 0 Å². The van der Waals surface area contributed by atoms with Crippen LogP contribution in [-0.4, -0.2) is 31.6 Å². The molecule has 0 spiro atoms. The molecular formula is C16H26NO5P. The van der Waals surface area contributed by atoms with E-state index in [4.69, 9.17) is 18.7 Å². The van der Waals surface area contributed by atoms with Gasteiger partial charge in [0.15, 0.2) is 12.6 Å². The molecule has 2 rings (SSSR count). The second kappa shape index (κ2) is 8.81. The number of ether oxygens (including phenoxy) is 3. The van der Waals surface area contributed by atoms with E-state index in [0.29, 0.717) is 12.4 Å². The summed E-state index contributed by atoms with van der Waals surface area (Å²) in [5.74, 6) is 0.540. The second-order valence-electron chi connectivity index (χ2n) is 5.59. The maximum absolute atomic E-state index is 13.1. The van der Waals surface area contributed by atoms with Crippen molar-refractivity contribution in [1.82, 2.24) is 5.09 Å². The monoisotopic (exact) mass is 343 g/mol. The topological polar surface area (TPSA) is 66.0 Å². The molecule has 1 fully saturated rings. The van der Waals surface area contributed by atoms with Crippen molar-refractivity contribution in [2.45, 2.75) is 52.2 Å². The number of para-hydroxylation sites is 1. The van der Waals surface area contributed by atoms with E-state index >= 15 is 0 Å². The predicted molar refractivity (Wildman–Crippen MR) is 88.4 cm³/mol. The van der Waals surface area contributed by atoms with Crippen LogP contribution in [0.1, 0.15) is 33.6 Å². The van der Waals surface area contributed by atoms with Gasteiger partial charge < -0.3 is 18.7 Å². The van der Waals surface area contributed by atoms with E-state index in [1.165, 1.54) is 0 Å². The van der Waals surface area contributed by atoms with Gasteiger partial charge in [0.05, 0.1) is 6.04 Å². The van der Waals surface area contributed by atoms with Crippen molar-refractivity contribution in [2.75, 3.05) is 13.0 Å². The first-order valence-corrected chi connectivity index (χ1v) is 9.83. The largest absolute Gasteiger partial charge is 0.431 e. The number of rotatable bonds is 10. The molecular weight excluding hydrogens is 317 g/mol. The fourth-order valence-electron chi connectivity index (χ4n) is 2.17. The Morgan fingerprint density at radius 1 is 1.30 bits per heavy atom. The molecule has 1 aromatic carbocycles. The summed E-state index contributed by atoms with van der Waals surface area (Å²) in [6.07, 6.45) is 1.31. The number of unbranched alkanes of at least 4 members (excludes halogenated alkanes) is 1. The summed E-state index contributed by atoms with van der Waals surface area (Å²) >= 11 is 0. The standard InChI is InChI=1S/C16H26NO5P/c1-4-5-11-19-12-23(18,22-15-9-7-6-8-10-15)17-13(2)16-20-14(3)21-16/h6-10,13-14,16H,4-5,11-12H2,1-3H3,(H,17,18). The molecule has 6 nitrogen and oxygen atoms in total. The molecule has 7 heteroatoms. The van der Waals surface area contributed by atoms with Crippen molar-refractivity contribution in [2.24, 2.45) is 0 Å². The third-order valence-corrected chi connectivity index (χ3v) is 5.19. The van der Waals surface area contributed by atoms with Crippen LogP contribution in [0, 0.1) is 0 Å². The van der Waals surface area contributed by atoms with Gasteiger partial charge in [-0.05, 0) is 32.4 Å². The lowest BCUT2D eigenvalue weighted by atomic mass is 10.3. The maximum Gasteiger partial charge on any atom is 0.342 e. The number of nitrogens with one attached hydrogen (secondary N) is 1. The molecule has 0 aliphatic carbocycles. The molecule has 0 bridgehead atoms. The van der Waals surface area contributed by atoms with Crippen molar-refractivity contribution in [3.05, 3.63) is 30.3 Å². The minimum atomic E-state index is -3.22. The van der Waals surface area contributed by atoms with Crippen LogP contribution in [0.2, 0.25) is 0 Å². The first-order valence-electron chi connectivity index (χ1n) is 8.02. The molecule has 130 valence electrons. The number of hydrogen-bond donors (Lipinski definition) is 1. The highest BCUT2D eigenvalue weighted by atomic mass is 31.2. The molecule has 1 aromatic rings. The summed E-state index contributed by atoms with van der Waals surface area (Å²) in [4.78, 5) is 0. The summed E-state index contributed by atoms with van der Waals surface area (Å²) in [5, 5.41) is 3.00. The van der Waals surface area contributed by atoms with Gasteiger partial charge in [-0.2, -0.15) is 0 Å². The molecule has 1 saturated heterocycles. The van der Waals surface area contributed by atoms with E-state index in [9.17, 15) is 4.57 Å². The van der Waals surface area contributed by atoms with Crippen LogP contribution in [0.15, 0.2) is 30.3 Å². The Balaban J connectivity index is 1.96. The van der Waals surface area contributed by atoms with Gasteiger partial charge in [0.1, 0.15) is 12.1 Å². The summed E-state index contributed by atoms with van der Waals surface area (Å²) in [6, 6.07) is 8.81. The van der Waals surface area contributed by atoms with Crippen molar-refractivity contribution in [1.29, 1.82) is 0 Å². The van der Waals surface area contributed by atoms with Gasteiger partial charge in [-0.1, -0.05) is 31.5 Å². The molecule has 0 radical (unpaired) electrons. The Morgan fingerprint density at radius 2 is 2.00 bits per heavy atom. The van der Waals surface area contributed by atoms with Crippen molar-refractivity contribution < 1.29 is 23.3 Å². The van der Waals surface area contributed by atoms with Crippen LogP contribution in [0.25, 0.3) is 0 Å². The quantitative estimate of drug-likeness (QED) is 0.516. The van der Waals surface area contributed by atoms with E-state index in [1.807, 2.05) is 32.0 Å². The van der Waals surface area contributed by atoms with E-state index in [0.717, 1.165) is 12.8 Å². The van der Waals surface area contributed by atoms with Crippen molar-refractivity contribution in [3.8, 4) is 5.75 Å². The molecule has 23 heavy (non-hydrogen) atoms. The molecule has 2 atom stereocenters. The molecule has 0 saturated carbocycles. The lowest BCUT2D eigenvalue weighted by Gasteiger charge is -2.38. The zero-order chi connectivity index (χ0) is 16.7. The maximum atomic E-state index is 13.1. The molecule has 1 aliphatic rings. The zero-order valence-electron chi connectivity index (χ0n) is 13.9.